The molecule has 7 nitrogen and oxygen atoms in total. The number of hydrogen-bond acceptors (Lipinski definition) is 3. The highest BCUT2D eigenvalue weighted by Gasteiger charge is 2.22. The van der Waals surface area contributed by atoms with Crippen LogP contribution in [0.3, 0.4) is 0 Å². The number of anilines is 1. The number of ether oxygens (including phenoxy) is 1. The van der Waals surface area contributed by atoms with E-state index in [-0.39, 0.29) is 18.5 Å². The van der Waals surface area contributed by atoms with E-state index < -0.39 is 0 Å². The van der Waals surface area contributed by atoms with Crippen molar-refractivity contribution in [1.82, 2.24) is 14.4 Å². The van der Waals surface area contributed by atoms with Crippen molar-refractivity contribution < 1.29 is 14.3 Å². The number of nitrogens with zero attached hydrogens (tertiary/aromatic N) is 3. The molecule has 1 aromatic carbocycles. The summed E-state index contributed by atoms with van der Waals surface area (Å²) < 4.78 is 7.14. The van der Waals surface area contributed by atoms with Crippen LogP contribution in [0.5, 0.6) is 0 Å². The number of aryl methyl sites for hydroxylation is 2. The van der Waals surface area contributed by atoms with Crippen molar-refractivity contribution in [2.45, 2.75) is 39.7 Å². The van der Waals surface area contributed by atoms with E-state index in [1.165, 1.54) is 0 Å². The summed E-state index contributed by atoms with van der Waals surface area (Å²) in [5.41, 5.74) is 2.59. The molecule has 3 amide bonds. The second-order valence-electron chi connectivity index (χ2n) is 7.94. The molecule has 8 heteroatoms. The molecule has 176 valence electrons. The van der Waals surface area contributed by atoms with Gasteiger partial charge in [0.2, 0.25) is 5.91 Å². The monoisotopic (exact) mass is 462 g/mol. The molecule has 2 rings (SSSR count). The summed E-state index contributed by atoms with van der Waals surface area (Å²) >= 11 is 6.19. The Morgan fingerprint density at radius 2 is 1.91 bits per heavy atom. The first-order valence-corrected chi connectivity index (χ1v) is 11.4. The zero-order valence-electron chi connectivity index (χ0n) is 19.6. The van der Waals surface area contributed by atoms with Crippen molar-refractivity contribution in [1.29, 1.82) is 0 Å². The summed E-state index contributed by atoms with van der Waals surface area (Å²) in [4.78, 5) is 29.6. The standard InChI is InChI=1S/C24H35ClN4O3/c1-5-6-13-28(17-21-9-7-12-27(21)3)23(30)18-29(14-8-15-32-4)24(31)26-20-11-10-19(2)22(25)16-20/h7,9-12,16H,5-6,8,13-15,17-18H2,1-4H3,(H,26,31). The Bertz CT molecular complexity index is 884. The van der Waals surface area contributed by atoms with Gasteiger partial charge >= 0.3 is 6.03 Å². The quantitative estimate of drug-likeness (QED) is 0.465. The van der Waals surface area contributed by atoms with Crippen molar-refractivity contribution in [3.63, 3.8) is 0 Å². The number of urea groups is 1. The number of carbonyl (C=O) groups is 2. The van der Waals surface area contributed by atoms with E-state index in [0.717, 1.165) is 24.1 Å². The average Bonchev–Trinajstić information content (AvgIpc) is 3.17. The third kappa shape index (κ3) is 7.88. The first kappa shape index (κ1) is 25.7. The number of methoxy groups -OCH3 is 1. The van der Waals surface area contributed by atoms with Crippen molar-refractivity contribution >= 4 is 29.2 Å². The van der Waals surface area contributed by atoms with E-state index in [1.807, 2.05) is 47.8 Å². The Kier molecular flexibility index (Phi) is 10.6. The van der Waals surface area contributed by atoms with Gasteiger partial charge in [0, 0.05) is 56.5 Å². The van der Waals surface area contributed by atoms with Gasteiger partial charge in [-0.25, -0.2) is 4.79 Å². The molecular formula is C24H35ClN4O3. The van der Waals surface area contributed by atoms with E-state index in [0.29, 0.717) is 43.4 Å². The molecule has 0 aliphatic carbocycles. The molecule has 0 bridgehead atoms. The molecule has 0 atom stereocenters. The number of nitrogens with one attached hydrogen (secondary N) is 1. The zero-order valence-corrected chi connectivity index (χ0v) is 20.3. The van der Waals surface area contributed by atoms with Crippen LogP contribution < -0.4 is 5.32 Å². The van der Waals surface area contributed by atoms with Crippen LogP contribution >= 0.6 is 11.6 Å². The number of aromatic nitrogens is 1. The van der Waals surface area contributed by atoms with E-state index in [1.54, 1.807) is 24.1 Å². The number of rotatable bonds is 12. The van der Waals surface area contributed by atoms with Gasteiger partial charge in [-0.2, -0.15) is 0 Å². The number of halogens is 1. The maximum Gasteiger partial charge on any atom is 0.322 e. The van der Waals surface area contributed by atoms with E-state index in [2.05, 4.69) is 12.2 Å². The molecule has 0 aliphatic rings. The number of carbonyl (C=O) groups excluding carboxylic acids is 2. The lowest BCUT2D eigenvalue weighted by Gasteiger charge is -2.28. The van der Waals surface area contributed by atoms with Gasteiger partial charge in [0.05, 0.1) is 6.54 Å². The lowest BCUT2D eigenvalue weighted by atomic mass is 10.2. The second-order valence-corrected chi connectivity index (χ2v) is 8.35. The third-order valence-electron chi connectivity index (χ3n) is 5.35. The van der Waals surface area contributed by atoms with Crippen LogP contribution in [0.4, 0.5) is 10.5 Å². The highest BCUT2D eigenvalue weighted by molar-refractivity contribution is 6.31. The van der Waals surface area contributed by atoms with Gasteiger partial charge in [-0.1, -0.05) is 31.0 Å². The van der Waals surface area contributed by atoms with E-state index in [4.69, 9.17) is 16.3 Å². The molecule has 0 radical (unpaired) electrons. The predicted molar refractivity (Wildman–Crippen MR) is 129 cm³/mol. The molecule has 0 saturated heterocycles. The van der Waals surface area contributed by atoms with Crippen molar-refractivity contribution in [2.24, 2.45) is 7.05 Å². The fourth-order valence-electron chi connectivity index (χ4n) is 3.29. The Morgan fingerprint density at radius 3 is 2.53 bits per heavy atom. The minimum absolute atomic E-state index is 0.00325. The van der Waals surface area contributed by atoms with Gasteiger partial charge in [-0.15, -0.1) is 0 Å². The molecule has 1 N–H and O–H groups in total. The van der Waals surface area contributed by atoms with E-state index in [9.17, 15) is 9.59 Å². The summed E-state index contributed by atoms with van der Waals surface area (Å²) in [6.45, 7) is 6.10. The molecule has 0 unspecified atom stereocenters. The van der Waals surface area contributed by atoms with Crippen LogP contribution in [0, 0.1) is 6.92 Å². The smallest absolute Gasteiger partial charge is 0.322 e. The molecule has 0 spiro atoms. The molecule has 0 fully saturated rings. The maximum absolute atomic E-state index is 13.2. The highest BCUT2D eigenvalue weighted by Crippen LogP contribution is 2.20. The fraction of sp³-hybridized carbons (Fsp3) is 0.500. The Balaban J connectivity index is 2.12. The zero-order chi connectivity index (χ0) is 23.5. The van der Waals surface area contributed by atoms with Crippen LogP contribution in [0.2, 0.25) is 5.02 Å². The van der Waals surface area contributed by atoms with Gasteiger partial charge in [-0.05, 0) is 49.6 Å². The molecule has 1 aromatic heterocycles. The third-order valence-corrected chi connectivity index (χ3v) is 5.76. The number of unbranched alkanes of at least 4 members (excludes halogenated alkanes) is 1. The Morgan fingerprint density at radius 1 is 1.16 bits per heavy atom. The second kappa shape index (κ2) is 13.1. The van der Waals surface area contributed by atoms with Crippen molar-refractivity contribution in [3.8, 4) is 0 Å². The minimum Gasteiger partial charge on any atom is -0.385 e. The summed E-state index contributed by atoms with van der Waals surface area (Å²) in [5, 5.41) is 3.45. The lowest BCUT2D eigenvalue weighted by Crippen LogP contribution is -2.45. The van der Waals surface area contributed by atoms with Gasteiger partial charge in [0.15, 0.2) is 0 Å². The van der Waals surface area contributed by atoms with Crippen LogP contribution in [0.15, 0.2) is 36.5 Å². The van der Waals surface area contributed by atoms with Gasteiger partial charge in [-0.3, -0.25) is 4.79 Å². The van der Waals surface area contributed by atoms with Crippen LogP contribution in [0.25, 0.3) is 0 Å². The summed E-state index contributed by atoms with van der Waals surface area (Å²) in [6.07, 6.45) is 4.50. The summed E-state index contributed by atoms with van der Waals surface area (Å²) in [6, 6.07) is 9.02. The SMILES string of the molecule is CCCCN(Cc1cccn1C)C(=O)CN(CCCOC)C(=O)Nc1ccc(C)c(Cl)c1. The number of amides is 3. The average molecular weight is 463 g/mol. The molecular weight excluding hydrogens is 428 g/mol. The lowest BCUT2D eigenvalue weighted by molar-refractivity contribution is -0.132. The number of hydrogen-bond donors (Lipinski definition) is 1. The Hall–Kier alpha value is -2.51. The summed E-state index contributed by atoms with van der Waals surface area (Å²) in [5.74, 6) is -0.0749. The van der Waals surface area contributed by atoms with Crippen LogP contribution in [-0.2, 0) is 23.1 Å². The Labute approximate surface area is 196 Å². The minimum atomic E-state index is -0.330. The van der Waals surface area contributed by atoms with Gasteiger partial charge < -0.3 is 24.4 Å². The van der Waals surface area contributed by atoms with Gasteiger partial charge in [0.1, 0.15) is 6.54 Å². The summed E-state index contributed by atoms with van der Waals surface area (Å²) in [7, 11) is 3.59. The largest absolute Gasteiger partial charge is 0.385 e. The van der Waals surface area contributed by atoms with Crippen molar-refractivity contribution in [2.75, 3.05) is 38.7 Å². The molecule has 1 heterocycles. The predicted octanol–water partition coefficient (Wildman–Crippen LogP) is 4.69. The maximum atomic E-state index is 13.2. The first-order valence-electron chi connectivity index (χ1n) is 11.0. The topological polar surface area (TPSA) is 66.8 Å². The first-order chi connectivity index (χ1) is 15.3. The normalized spacial score (nSPS) is 10.8. The fourth-order valence-corrected chi connectivity index (χ4v) is 3.47. The van der Waals surface area contributed by atoms with E-state index >= 15 is 0 Å². The van der Waals surface area contributed by atoms with Gasteiger partial charge in [0.25, 0.3) is 0 Å². The number of benzene rings is 1. The molecule has 0 saturated carbocycles. The van der Waals surface area contributed by atoms with Crippen LogP contribution in [0.1, 0.15) is 37.4 Å². The highest BCUT2D eigenvalue weighted by atomic mass is 35.5. The van der Waals surface area contributed by atoms with Crippen LogP contribution in [-0.4, -0.2) is 59.7 Å². The van der Waals surface area contributed by atoms with Crippen molar-refractivity contribution in [3.05, 3.63) is 52.8 Å². The molecule has 32 heavy (non-hydrogen) atoms. The molecule has 2 aromatic rings. The molecule has 0 aliphatic heterocycles.